The molecule has 6 heteroatoms. The molecule has 0 radical (unpaired) electrons. The van der Waals surface area contributed by atoms with Gasteiger partial charge >= 0.3 is 0 Å². The Bertz CT molecular complexity index is 662. The molecular formula is C19H24N4OS. The molecule has 2 aromatic rings. The number of benzene rings is 2. The maximum atomic E-state index is 11.9. The Morgan fingerprint density at radius 3 is 2.16 bits per heavy atom. The van der Waals surface area contributed by atoms with Crippen LogP contribution in [-0.2, 0) is 0 Å². The number of carbonyl (C=O) groups is 1. The molecule has 0 atom stereocenters. The first-order valence-electron chi connectivity index (χ1n) is 8.25. The van der Waals surface area contributed by atoms with E-state index in [-0.39, 0.29) is 5.91 Å². The Morgan fingerprint density at radius 1 is 0.880 bits per heavy atom. The standard InChI is InChI=1S/C19H24N4OS/c1-20-19(23-14-15-25-17-10-6-3-7-11-17)22-13-12-21-18(24)16-8-4-2-5-9-16/h2-11H,12-15H2,1H3,(H,21,24)(H2,20,22,23). The molecule has 0 unspecified atom stereocenters. The highest BCUT2D eigenvalue weighted by Gasteiger charge is 2.03. The van der Waals surface area contributed by atoms with Gasteiger partial charge in [0.2, 0.25) is 0 Å². The van der Waals surface area contributed by atoms with Crippen LogP contribution < -0.4 is 16.0 Å². The number of carbonyl (C=O) groups excluding carboxylic acids is 1. The maximum absolute atomic E-state index is 11.9. The van der Waals surface area contributed by atoms with Crippen LogP contribution in [0.4, 0.5) is 0 Å². The van der Waals surface area contributed by atoms with E-state index in [1.54, 1.807) is 30.9 Å². The summed E-state index contributed by atoms with van der Waals surface area (Å²) in [6, 6.07) is 19.5. The summed E-state index contributed by atoms with van der Waals surface area (Å²) in [5.41, 5.74) is 0.669. The van der Waals surface area contributed by atoms with Crippen LogP contribution in [-0.4, -0.2) is 44.3 Å². The molecule has 0 heterocycles. The van der Waals surface area contributed by atoms with Gasteiger partial charge in [0.25, 0.3) is 5.91 Å². The van der Waals surface area contributed by atoms with Crippen LogP contribution in [0.1, 0.15) is 10.4 Å². The summed E-state index contributed by atoms with van der Waals surface area (Å²) in [5, 5.41) is 9.33. The van der Waals surface area contributed by atoms with Gasteiger partial charge in [-0.3, -0.25) is 9.79 Å². The molecule has 1 amide bonds. The Balaban J connectivity index is 1.58. The maximum Gasteiger partial charge on any atom is 0.251 e. The Labute approximate surface area is 153 Å². The lowest BCUT2D eigenvalue weighted by Gasteiger charge is -2.12. The fraction of sp³-hybridized carbons (Fsp3) is 0.263. The van der Waals surface area contributed by atoms with Crippen molar-refractivity contribution >= 4 is 23.6 Å². The van der Waals surface area contributed by atoms with Gasteiger partial charge in [0.15, 0.2) is 5.96 Å². The number of nitrogens with one attached hydrogen (secondary N) is 3. The van der Waals surface area contributed by atoms with Crippen molar-refractivity contribution in [1.29, 1.82) is 0 Å². The fourth-order valence-electron chi connectivity index (χ4n) is 2.12. The number of hydrogen-bond acceptors (Lipinski definition) is 3. The molecule has 3 N–H and O–H groups in total. The van der Waals surface area contributed by atoms with E-state index in [0.29, 0.717) is 18.7 Å². The van der Waals surface area contributed by atoms with Crippen LogP contribution >= 0.6 is 11.8 Å². The Morgan fingerprint density at radius 2 is 1.48 bits per heavy atom. The largest absolute Gasteiger partial charge is 0.356 e. The van der Waals surface area contributed by atoms with Gasteiger partial charge in [-0.2, -0.15) is 0 Å². The minimum atomic E-state index is -0.0652. The summed E-state index contributed by atoms with van der Waals surface area (Å²) in [6.07, 6.45) is 0. The number of thioether (sulfide) groups is 1. The lowest BCUT2D eigenvalue weighted by atomic mass is 10.2. The zero-order valence-electron chi connectivity index (χ0n) is 14.4. The van der Waals surface area contributed by atoms with Crippen molar-refractivity contribution in [3.63, 3.8) is 0 Å². The minimum Gasteiger partial charge on any atom is -0.356 e. The summed E-state index contributed by atoms with van der Waals surface area (Å²) in [6.45, 7) is 1.97. The van der Waals surface area contributed by atoms with Crippen LogP contribution in [0.5, 0.6) is 0 Å². The fourth-order valence-corrected chi connectivity index (χ4v) is 2.91. The molecule has 5 nitrogen and oxygen atoms in total. The highest BCUT2D eigenvalue weighted by Crippen LogP contribution is 2.15. The summed E-state index contributed by atoms with van der Waals surface area (Å²) >= 11 is 1.80. The van der Waals surface area contributed by atoms with Gasteiger partial charge in [-0.25, -0.2) is 0 Å². The molecule has 0 spiro atoms. The van der Waals surface area contributed by atoms with E-state index >= 15 is 0 Å². The predicted octanol–water partition coefficient (Wildman–Crippen LogP) is 2.37. The average Bonchev–Trinajstić information content (AvgIpc) is 2.68. The van der Waals surface area contributed by atoms with E-state index in [9.17, 15) is 4.79 Å². The number of nitrogens with zero attached hydrogens (tertiary/aromatic N) is 1. The first-order chi connectivity index (χ1) is 12.3. The predicted molar refractivity (Wildman–Crippen MR) is 105 cm³/mol. The molecule has 0 saturated carbocycles. The summed E-state index contributed by atoms with van der Waals surface area (Å²) < 4.78 is 0. The van der Waals surface area contributed by atoms with Gasteiger partial charge in [0.1, 0.15) is 0 Å². The van der Waals surface area contributed by atoms with E-state index in [2.05, 4.69) is 33.1 Å². The Hall–Kier alpha value is -2.47. The number of guanidine groups is 1. The molecule has 2 aromatic carbocycles. The molecule has 0 fully saturated rings. The van der Waals surface area contributed by atoms with Crippen molar-refractivity contribution in [1.82, 2.24) is 16.0 Å². The lowest BCUT2D eigenvalue weighted by molar-refractivity contribution is 0.0954. The van der Waals surface area contributed by atoms with Crippen molar-refractivity contribution in [2.75, 3.05) is 32.4 Å². The molecule has 2 rings (SSSR count). The number of hydrogen-bond donors (Lipinski definition) is 3. The molecule has 0 aliphatic rings. The first-order valence-corrected chi connectivity index (χ1v) is 9.24. The summed E-state index contributed by atoms with van der Waals surface area (Å²) in [5.74, 6) is 1.63. The molecule has 0 bridgehead atoms. The second-order valence-electron chi connectivity index (χ2n) is 5.21. The van der Waals surface area contributed by atoms with Crippen LogP contribution in [0.2, 0.25) is 0 Å². The van der Waals surface area contributed by atoms with Crippen molar-refractivity contribution < 1.29 is 4.79 Å². The molecule has 25 heavy (non-hydrogen) atoms. The average molecular weight is 356 g/mol. The van der Waals surface area contributed by atoms with Gasteiger partial charge in [-0.1, -0.05) is 36.4 Å². The van der Waals surface area contributed by atoms with E-state index in [0.717, 1.165) is 18.3 Å². The highest BCUT2D eigenvalue weighted by molar-refractivity contribution is 7.99. The third kappa shape index (κ3) is 7.30. The molecule has 0 saturated heterocycles. The molecule has 0 aromatic heterocycles. The van der Waals surface area contributed by atoms with Crippen LogP contribution in [0.25, 0.3) is 0 Å². The normalized spacial score (nSPS) is 11.0. The topological polar surface area (TPSA) is 65.5 Å². The van der Waals surface area contributed by atoms with E-state index < -0.39 is 0 Å². The number of rotatable bonds is 8. The molecular weight excluding hydrogens is 332 g/mol. The van der Waals surface area contributed by atoms with Crippen molar-refractivity contribution in [2.45, 2.75) is 4.90 Å². The minimum absolute atomic E-state index is 0.0652. The summed E-state index contributed by atoms with van der Waals surface area (Å²) in [7, 11) is 1.74. The lowest BCUT2D eigenvalue weighted by Crippen LogP contribution is -2.42. The van der Waals surface area contributed by atoms with E-state index in [1.165, 1.54) is 4.90 Å². The zero-order valence-corrected chi connectivity index (χ0v) is 15.2. The van der Waals surface area contributed by atoms with E-state index in [1.807, 2.05) is 36.4 Å². The van der Waals surface area contributed by atoms with Crippen molar-refractivity contribution in [3.8, 4) is 0 Å². The highest BCUT2D eigenvalue weighted by atomic mass is 32.2. The van der Waals surface area contributed by atoms with Gasteiger partial charge in [0, 0.05) is 42.9 Å². The van der Waals surface area contributed by atoms with Gasteiger partial charge < -0.3 is 16.0 Å². The number of aliphatic imine (C=N–C) groups is 1. The third-order valence-electron chi connectivity index (χ3n) is 3.37. The molecule has 132 valence electrons. The van der Waals surface area contributed by atoms with Crippen molar-refractivity contribution in [3.05, 3.63) is 66.2 Å². The monoisotopic (exact) mass is 356 g/mol. The van der Waals surface area contributed by atoms with Gasteiger partial charge in [0.05, 0.1) is 0 Å². The second kappa shape index (κ2) is 11.1. The zero-order chi connectivity index (χ0) is 17.7. The number of amides is 1. The van der Waals surface area contributed by atoms with E-state index in [4.69, 9.17) is 0 Å². The smallest absolute Gasteiger partial charge is 0.251 e. The third-order valence-corrected chi connectivity index (χ3v) is 4.38. The van der Waals surface area contributed by atoms with Crippen LogP contribution in [0.3, 0.4) is 0 Å². The van der Waals surface area contributed by atoms with Crippen LogP contribution in [0, 0.1) is 0 Å². The van der Waals surface area contributed by atoms with Crippen molar-refractivity contribution in [2.24, 2.45) is 4.99 Å². The van der Waals surface area contributed by atoms with Crippen LogP contribution in [0.15, 0.2) is 70.6 Å². The molecule has 0 aliphatic heterocycles. The SMILES string of the molecule is CN=C(NCCNC(=O)c1ccccc1)NCCSc1ccccc1. The first kappa shape index (κ1) is 18.9. The van der Waals surface area contributed by atoms with Gasteiger partial charge in [-0.05, 0) is 24.3 Å². The quantitative estimate of drug-likeness (QED) is 0.294. The second-order valence-corrected chi connectivity index (χ2v) is 6.38. The molecule has 0 aliphatic carbocycles. The Kier molecular flexibility index (Phi) is 8.41. The van der Waals surface area contributed by atoms with Gasteiger partial charge in [-0.15, -0.1) is 11.8 Å². The summed E-state index contributed by atoms with van der Waals surface area (Å²) in [4.78, 5) is 17.4.